The lowest BCUT2D eigenvalue weighted by molar-refractivity contribution is 1.50. The molecule has 2 aromatic rings. The molecule has 0 saturated carbocycles. The molecule has 0 heterocycles. The molecule has 0 aliphatic rings. The zero-order valence-electron chi connectivity index (χ0n) is 9.58. The van der Waals surface area contributed by atoms with E-state index in [-0.39, 0.29) is 0 Å². The van der Waals surface area contributed by atoms with Gasteiger partial charge in [0.15, 0.2) is 0 Å². The lowest BCUT2D eigenvalue weighted by atomic mass is 10.1. The van der Waals surface area contributed by atoms with Gasteiger partial charge in [-0.05, 0) is 52.3 Å². The molecule has 2 aromatic carbocycles. The molecule has 19 heavy (non-hydrogen) atoms. The van der Waals surface area contributed by atoms with Gasteiger partial charge in [-0.2, -0.15) is 0 Å². The van der Waals surface area contributed by atoms with Crippen molar-refractivity contribution in [2.45, 2.75) is 0 Å². The maximum absolute atomic E-state index is 6.00. The number of anilines is 2. The number of halogens is 3. The molecule has 0 spiro atoms. The van der Waals surface area contributed by atoms with E-state index in [9.17, 15) is 0 Å². The minimum atomic E-state index is 0.303. The summed E-state index contributed by atoms with van der Waals surface area (Å²) in [5, 5.41) is 4.45. The summed E-state index contributed by atoms with van der Waals surface area (Å²) in [6.07, 6.45) is 0. The van der Waals surface area contributed by atoms with Crippen LogP contribution in [0.2, 0.25) is 10.0 Å². The third-order valence-electron chi connectivity index (χ3n) is 2.44. The Morgan fingerprint density at radius 2 is 1.63 bits per heavy atom. The molecule has 0 aromatic heterocycles. The second-order valence-electron chi connectivity index (χ2n) is 3.80. The van der Waals surface area contributed by atoms with Crippen LogP contribution in [0.3, 0.4) is 0 Å². The first kappa shape index (κ1) is 14.6. The average molecular weight is 376 g/mol. The predicted molar refractivity (Wildman–Crippen MR) is 89.8 cm³/mol. The van der Waals surface area contributed by atoms with E-state index in [1.54, 1.807) is 30.3 Å². The van der Waals surface area contributed by atoms with Gasteiger partial charge in [-0.3, -0.25) is 0 Å². The van der Waals surface area contributed by atoms with Crippen LogP contribution < -0.4 is 11.1 Å². The van der Waals surface area contributed by atoms with Crippen LogP contribution in [0.5, 0.6) is 0 Å². The van der Waals surface area contributed by atoms with E-state index < -0.39 is 0 Å². The third-order valence-corrected chi connectivity index (χ3v) is 3.83. The van der Waals surface area contributed by atoms with E-state index in [2.05, 4.69) is 21.2 Å². The summed E-state index contributed by atoms with van der Waals surface area (Å²) in [4.78, 5) is 0.303. The Hall–Kier alpha value is -0.810. The number of nitrogens with two attached hydrogens (primary N) is 1. The van der Waals surface area contributed by atoms with Crippen molar-refractivity contribution >= 4 is 67.7 Å². The van der Waals surface area contributed by atoms with Gasteiger partial charge in [-0.15, -0.1) is 0 Å². The number of nitrogens with one attached hydrogen (secondary N) is 1. The minimum absolute atomic E-state index is 0.303. The van der Waals surface area contributed by atoms with Crippen LogP contribution in [-0.4, -0.2) is 4.99 Å². The first-order chi connectivity index (χ1) is 8.97. The summed E-state index contributed by atoms with van der Waals surface area (Å²) in [6, 6.07) is 10.7. The van der Waals surface area contributed by atoms with E-state index in [4.69, 9.17) is 41.2 Å². The Morgan fingerprint density at radius 1 is 1.05 bits per heavy atom. The third kappa shape index (κ3) is 3.60. The lowest BCUT2D eigenvalue weighted by Crippen LogP contribution is -2.11. The molecule has 0 aliphatic carbocycles. The fourth-order valence-corrected chi connectivity index (χ4v) is 2.44. The van der Waals surface area contributed by atoms with Crippen molar-refractivity contribution in [1.29, 1.82) is 0 Å². The molecule has 0 atom stereocenters. The van der Waals surface area contributed by atoms with Crippen molar-refractivity contribution in [2.24, 2.45) is 5.73 Å². The van der Waals surface area contributed by atoms with Gasteiger partial charge in [-0.25, -0.2) is 0 Å². The van der Waals surface area contributed by atoms with Crippen molar-refractivity contribution in [3.63, 3.8) is 0 Å². The molecule has 0 aliphatic heterocycles. The van der Waals surface area contributed by atoms with Crippen LogP contribution in [0.15, 0.2) is 40.9 Å². The number of rotatable bonds is 3. The molecule has 0 fully saturated rings. The van der Waals surface area contributed by atoms with Crippen LogP contribution in [0.25, 0.3) is 0 Å². The van der Waals surface area contributed by atoms with Gasteiger partial charge < -0.3 is 11.1 Å². The quantitative estimate of drug-likeness (QED) is 0.730. The summed E-state index contributed by atoms with van der Waals surface area (Å²) in [5.74, 6) is 0. The Bertz CT molecular complexity index is 647. The molecule has 0 radical (unpaired) electrons. The molecule has 0 unspecified atom stereocenters. The zero-order chi connectivity index (χ0) is 14.0. The monoisotopic (exact) mass is 374 g/mol. The summed E-state index contributed by atoms with van der Waals surface area (Å²) in [7, 11) is 0. The normalized spacial score (nSPS) is 10.3. The van der Waals surface area contributed by atoms with Crippen molar-refractivity contribution in [3.05, 3.63) is 56.5 Å². The molecule has 0 amide bonds. The highest BCUT2D eigenvalue weighted by Crippen LogP contribution is 2.31. The van der Waals surface area contributed by atoms with Gasteiger partial charge in [-0.1, -0.05) is 35.4 Å². The number of benzene rings is 2. The maximum Gasteiger partial charge on any atom is 0.106 e. The smallest absolute Gasteiger partial charge is 0.106 e. The van der Waals surface area contributed by atoms with E-state index in [0.29, 0.717) is 15.0 Å². The van der Waals surface area contributed by atoms with Crippen LogP contribution in [0.1, 0.15) is 5.56 Å². The number of hydrogen-bond donors (Lipinski definition) is 2. The first-order valence-electron chi connectivity index (χ1n) is 5.29. The van der Waals surface area contributed by atoms with Gasteiger partial charge >= 0.3 is 0 Å². The predicted octanol–water partition coefficient (Wildman–Crippen LogP) is 5.13. The van der Waals surface area contributed by atoms with Crippen molar-refractivity contribution in [3.8, 4) is 0 Å². The minimum Gasteiger partial charge on any atom is -0.389 e. The second-order valence-corrected chi connectivity index (χ2v) is 5.97. The van der Waals surface area contributed by atoms with Crippen LogP contribution >= 0.6 is 51.3 Å². The summed E-state index contributed by atoms with van der Waals surface area (Å²) < 4.78 is 0.880. The van der Waals surface area contributed by atoms with Crippen LogP contribution in [0.4, 0.5) is 11.4 Å². The van der Waals surface area contributed by atoms with Crippen molar-refractivity contribution in [2.75, 3.05) is 5.32 Å². The van der Waals surface area contributed by atoms with E-state index >= 15 is 0 Å². The van der Waals surface area contributed by atoms with Gasteiger partial charge in [0.05, 0.1) is 11.4 Å². The van der Waals surface area contributed by atoms with E-state index in [0.717, 1.165) is 21.4 Å². The van der Waals surface area contributed by atoms with Gasteiger partial charge in [0.1, 0.15) is 4.99 Å². The molecule has 0 bridgehead atoms. The summed E-state index contributed by atoms with van der Waals surface area (Å²) >= 11 is 20.5. The molecule has 3 N–H and O–H groups in total. The average Bonchev–Trinajstić information content (AvgIpc) is 2.33. The van der Waals surface area contributed by atoms with Crippen molar-refractivity contribution in [1.82, 2.24) is 0 Å². The number of thiocarbonyl (C=S) groups is 1. The van der Waals surface area contributed by atoms with Crippen LogP contribution in [0, 0.1) is 0 Å². The summed E-state index contributed by atoms with van der Waals surface area (Å²) in [6.45, 7) is 0. The number of hydrogen-bond acceptors (Lipinski definition) is 2. The molecular formula is C13H9BrCl2N2S. The van der Waals surface area contributed by atoms with E-state index in [1.807, 2.05) is 6.07 Å². The largest absolute Gasteiger partial charge is 0.389 e. The highest BCUT2D eigenvalue weighted by Gasteiger charge is 2.08. The Labute approximate surface area is 135 Å². The van der Waals surface area contributed by atoms with E-state index in [1.165, 1.54) is 0 Å². The molecule has 98 valence electrons. The highest BCUT2D eigenvalue weighted by molar-refractivity contribution is 9.10. The molecular weight excluding hydrogens is 367 g/mol. The Kier molecular flexibility index (Phi) is 4.68. The molecule has 0 saturated heterocycles. The lowest BCUT2D eigenvalue weighted by Gasteiger charge is -2.13. The van der Waals surface area contributed by atoms with Gasteiger partial charge in [0.2, 0.25) is 0 Å². The first-order valence-corrected chi connectivity index (χ1v) is 7.24. The molecule has 6 heteroatoms. The topological polar surface area (TPSA) is 38.0 Å². The van der Waals surface area contributed by atoms with Gasteiger partial charge in [0.25, 0.3) is 0 Å². The standard InChI is InChI=1S/C13H9BrCl2N2S/c14-10-4-2-8(16)6-12(10)18-11-5-7(15)1-3-9(11)13(17)19/h1-6,18H,(H2,17,19). The SMILES string of the molecule is NC(=S)c1ccc(Cl)cc1Nc1cc(Cl)ccc1Br. The highest BCUT2D eigenvalue weighted by atomic mass is 79.9. The fraction of sp³-hybridized carbons (Fsp3) is 0. The molecule has 2 rings (SSSR count). The Balaban J connectivity index is 2.45. The summed E-state index contributed by atoms with van der Waals surface area (Å²) in [5.41, 5.74) is 7.98. The fourth-order valence-electron chi connectivity index (χ4n) is 1.57. The Morgan fingerprint density at radius 3 is 2.26 bits per heavy atom. The maximum atomic E-state index is 6.00. The van der Waals surface area contributed by atoms with Crippen LogP contribution in [-0.2, 0) is 0 Å². The zero-order valence-corrected chi connectivity index (χ0v) is 13.5. The molecule has 2 nitrogen and oxygen atoms in total. The van der Waals surface area contributed by atoms with Crippen molar-refractivity contribution < 1.29 is 0 Å². The van der Waals surface area contributed by atoms with Gasteiger partial charge in [0, 0.05) is 20.1 Å². The second kappa shape index (κ2) is 6.09.